The minimum Gasteiger partial charge on any atom is -0.379 e. The maximum Gasteiger partial charge on any atom is 0.109 e. The van der Waals surface area contributed by atoms with Crippen molar-refractivity contribution < 1.29 is 9.47 Å². The minimum absolute atomic E-state index is 0.608. The topological polar surface area (TPSA) is 18.5 Å². The lowest BCUT2D eigenvalue weighted by atomic mass is 10.5. The zero-order valence-electron chi connectivity index (χ0n) is 6.22. The molecule has 0 aromatic rings. The summed E-state index contributed by atoms with van der Waals surface area (Å²) in [5.41, 5.74) is 0. The van der Waals surface area contributed by atoms with E-state index in [1.807, 2.05) is 6.92 Å². The van der Waals surface area contributed by atoms with Gasteiger partial charge in [-0.3, -0.25) is 0 Å². The monoisotopic (exact) mass is 131 g/mol. The maximum atomic E-state index is 5.03. The normalized spacial score (nSPS) is 10.0. The van der Waals surface area contributed by atoms with Gasteiger partial charge in [0.05, 0.1) is 6.61 Å². The van der Waals surface area contributed by atoms with Crippen LogP contribution in [0.3, 0.4) is 0 Å². The highest BCUT2D eigenvalue weighted by Crippen LogP contribution is 1.85. The van der Waals surface area contributed by atoms with Gasteiger partial charge in [0.15, 0.2) is 0 Å². The molecule has 0 aliphatic heterocycles. The molecule has 0 fully saturated rings. The highest BCUT2D eigenvalue weighted by Gasteiger charge is 1.85. The van der Waals surface area contributed by atoms with E-state index in [1.54, 1.807) is 6.61 Å². The Morgan fingerprint density at radius 1 is 1.33 bits per heavy atom. The summed E-state index contributed by atoms with van der Waals surface area (Å²) < 4.78 is 10.0. The van der Waals surface area contributed by atoms with Gasteiger partial charge < -0.3 is 9.47 Å². The molecule has 2 heteroatoms. The molecule has 0 saturated heterocycles. The molecule has 0 aliphatic carbocycles. The second-order valence-corrected chi connectivity index (χ2v) is 1.70. The van der Waals surface area contributed by atoms with Gasteiger partial charge in [-0.15, -0.1) is 0 Å². The van der Waals surface area contributed by atoms with E-state index in [-0.39, 0.29) is 0 Å². The molecular weight excluding hydrogens is 116 g/mol. The van der Waals surface area contributed by atoms with Gasteiger partial charge in [0, 0.05) is 13.2 Å². The molecule has 0 heterocycles. The van der Waals surface area contributed by atoms with Crippen LogP contribution in [0.1, 0.15) is 20.3 Å². The van der Waals surface area contributed by atoms with Crippen LogP contribution in [0, 0.1) is 6.61 Å². The van der Waals surface area contributed by atoms with Crippen molar-refractivity contribution in [1.82, 2.24) is 0 Å². The van der Waals surface area contributed by atoms with Crippen LogP contribution in [-0.2, 0) is 9.47 Å². The Kier molecular flexibility index (Phi) is 7.85. The van der Waals surface area contributed by atoms with Crippen molar-refractivity contribution in [2.45, 2.75) is 20.3 Å². The second-order valence-electron chi connectivity index (χ2n) is 1.70. The fourth-order valence-electron chi connectivity index (χ4n) is 0.415. The summed E-state index contributed by atoms with van der Waals surface area (Å²) in [5.74, 6) is 0. The molecule has 1 radical (unpaired) electrons. The van der Waals surface area contributed by atoms with Crippen LogP contribution in [-0.4, -0.2) is 19.8 Å². The van der Waals surface area contributed by atoms with Gasteiger partial charge >= 0.3 is 0 Å². The van der Waals surface area contributed by atoms with Crippen LogP contribution in [0.5, 0.6) is 0 Å². The zero-order chi connectivity index (χ0) is 6.95. The van der Waals surface area contributed by atoms with Crippen LogP contribution >= 0.6 is 0 Å². The van der Waals surface area contributed by atoms with Crippen molar-refractivity contribution >= 4 is 0 Å². The summed E-state index contributed by atoms with van der Waals surface area (Å²) in [5, 5.41) is 0. The molecule has 0 aromatic carbocycles. The Bertz CT molecular complexity index is 40.2. The zero-order valence-corrected chi connectivity index (χ0v) is 6.22. The smallest absolute Gasteiger partial charge is 0.109 e. The van der Waals surface area contributed by atoms with Crippen molar-refractivity contribution in [3.8, 4) is 0 Å². The predicted molar refractivity (Wildman–Crippen MR) is 37.0 cm³/mol. The number of rotatable bonds is 6. The molecule has 0 amide bonds. The van der Waals surface area contributed by atoms with Crippen LogP contribution in [0.4, 0.5) is 0 Å². The van der Waals surface area contributed by atoms with Crippen molar-refractivity contribution in [2.24, 2.45) is 0 Å². The van der Waals surface area contributed by atoms with Gasteiger partial charge in [0.25, 0.3) is 0 Å². The molecule has 2 nitrogen and oxygen atoms in total. The van der Waals surface area contributed by atoms with E-state index in [4.69, 9.17) is 9.47 Å². The van der Waals surface area contributed by atoms with E-state index in [1.165, 1.54) is 0 Å². The first kappa shape index (κ1) is 8.92. The lowest BCUT2D eigenvalue weighted by molar-refractivity contribution is 0.0977. The molecule has 55 valence electrons. The van der Waals surface area contributed by atoms with Crippen molar-refractivity contribution in [2.75, 3.05) is 19.8 Å². The van der Waals surface area contributed by atoms with Crippen LogP contribution in [0.15, 0.2) is 0 Å². The fourth-order valence-corrected chi connectivity index (χ4v) is 0.415. The van der Waals surface area contributed by atoms with Crippen LogP contribution in [0.2, 0.25) is 0 Å². The Labute approximate surface area is 57.2 Å². The average Bonchev–Trinajstić information content (AvgIpc) is 1.89. The first-order chi connectivity index (χ1) is 4.41. The van der Waals surface area contributed by atoms with Gasteiger partial charge in [-0.05, 0) is 13.3 Å². The number of hydrogen-bond acceptors (Lipinski definition) is 2. The molecular formula is C7H15O2. The maximum absolute atomic E-state index is 5.03. The molecule has 0 aromatic heterocycles. The van der Waals surface area contributed by atoms with Gasteiger partial charge in [0.1, 0.15) is 6.61 Å². The first-order valence-corrected chi connectivity index (χ1v) is 3.42. The molecule has 0 N–H and O–H groups in total. The van der Waals surface area contributed by atoms with Crippen LogP contribution < -0.4 is 0 Å². The summed E-state index contributed by atoms with van der Waals surface area (Å²) in [6.07, 6.45) is 1.06. The molecule has 0 spiro atoms. The second kappa shape index (κ2) is 7.92. The summed E-state index contributed by atoms with van der Waals surface area (Å²) >= 11 is 0. The molecule has 0 atom stereocenters. The minimum atomic E-state index is 0.608. The van der Waals surface area contributed by atoms with E-state index in [0.717, 1.165) is 19.6 Å². The van der Waals surface area contributed by atoms with Gasteiger partial charge in [-0.1, -0.05) is 6.92 Å². The number of ether oxygens (including phenoxy) is 2. The third kappa shape index (κ3) is 7.92. The fraction of sp³-hybridized carbons (Fsp3) is 0.857. The van der Waals surface area contributed by atoms with E-state index in [0.29, 0.717) is 6.61 Å². The molecule has 9 heavy (non-hydrogen) atoms. The van der Waals surface area contributed by atoms with E-state index < -0.39 is 0 Å². The van der Waals surface area contributed by atoms with E-state index >= 15 is 0 Å². The summed E-state index contributed by atoms with van der Waals surface area (Å²) in [4.78, 5) is 0. The Morgan fingerprint density at radius 3 is 2.67 bits per heavy atom. The summed E-state index contributed by atoms with van der Waals surface area (Å²) in [6, 6.07) is 0. The van der Waals surface area contributed by atoms with Crippen molar-refractivity contribution in [1.29, 1.82) is 0 Å². The molecule has 0 rings (SSSR count). The van der Waals surface area contributed by atoms with E-state index in [9.17, 15) is 0 Å². The summed E-state index contributed by atoms with van der Waals surface area (Å²) in [6.45, 7) is 7.91. The lowest BCUT2D eigenvalue weighted by Gasteiger charge is -1.99. The molecule has 0 aliphatic rings. The quantitative estimate of drug-likeness (QED) is 0.510. The standard InChI is InChI=1S/C7H15O2/c1-3-5-9-7-6-8-4-2/h7H,3-6H2,1-2H3. The predicted octanol–water partition coefficient (Wildman–Crippen LogP) is 1.61. The highest BCUT2D eigenvalue weighted by molar-refractivity contribution is 4.45. The SMILES string of the molecule is CCCO[CH]COCC. The Morgan fingerprint density at radius 2 is 2.11 bits per heavy atom. The average molecular weight is 131 g/mol. The van der Waals surface area contributed by atoms with Gasteiger partial charge in [-0.25, -0.2) is 0 Å². The molecule has 0 saturated carbocycles. The first-order valence-electron chi connectivity index (χ1n) is 3.42. The van der Waals surface area contributed by atoms with Crippen molar-refractivity contribution in [3.63, 3.8) is 0 Å². The molecule has 0 unspecified atom stereocenters. The number of hydrogen-bond donors (Lipinski definition) is 0. The Hall–Kier alpha value is -0.0800. The van der Waals surface area contributed by atoms with Crippen LogP contribution in [0.25, 0.3) is 0 Å². The highest BCUT2D eigenvalue weighted by atomic mass is 16.5. The van der Waals surface area contributed by atoms with E-state index in [2.05, 4.69) is 6.92 Å². The van der Waals surface area contributed by atoms with Crippen molar-refractivity contribution in [3.05, 3.63) is 6.61 Å². The third-order valence-corrected chi connectivity index (χ3v) is 0.830. The van der Waals surface area contributed by atoms with Gasteiger partial charge in [0.2, 0.25) is 0 Å². The van der Waals surface area contributed by atoms with Gasteiger partial charge in [-0.2, -0.15) is 0 Å². The molecule has 0 bridgehead atoms. The summed E-state index contributed by atoms with van der Waals surface area (Å²) in [7, 11) is 0. The largest absolute Gasteiger partial charge is 0.379 e. The Balaban J connectivity index is 2.60. The third-order valence-electron chi connectivity index (χ3n) is 0.830. The lowest BCUT2D eigenvalue weighted by Crippen LogP contribution is -1.98.